The van der Waals surface area contributed by atoms with Gasteiger partial charge in [0.2, 0.25) is 5.82 Å². The number of anilines is 2. The van der Waals surface area contributed by atoms with Gasteiger partial charge in [0.1, 0.15) is 5.82 Å². The summed E-state index contributed by atoms with van der Waals surface area (Å²) in [6, 6.07) is 3.03. The van der Waals surface area contributed by atoms with Crippen LogP contribution in [0.25, 0.3) is 0 Å². The Morgan fingerprint density at radius 2 is 2.31 bits per heavy atom. The standard InChI is InChI=1S/C9H14N4O2S/c1-10-8-4-3-7(13(14)15)9(12-8)11-5-6-16-2/h3-4H,5-6H2,1-2H3,(H2,10,11,12). The van der Waals surface area contributed by atoms with Crippen molar-refractivity contribution in [3.05, 3.63) is 22.2 Å². The molecule has 1 rings (SSSR count). The number of rotatable bonds is 6. The van der Waals surface area contributed by atoms with Gasteiger partial charge in [0.25, 0.3) is 0 Å². The summed E-state index contributed by atoms with van der Waals surface area (Å²) in [6.45, 7) is 0.655. The molecule has 0 fully saturated rings. The van der Waals surface area contributed by atoms with Gasteiger partial charge in [-0.25, -0.2) is 4.98 Å². The minimum atomic E-state index is -0.437. The van der Waals surface area contributed by atoms with E-state index >= 15 is 0 Å². The number of nitro groups is 1. The number of hydrogen-bond donors (Lipinski definition) is 2. The first kappa shape index (κ1) is 12.6. The van der Waals surface area contributed by atoms with E-state index in [1.807, 2.05) is 6.26 Å². The van der Waals surface area contributed by atoms with Crippen molar-refractivity contribution >= 4 is 29.1 Å². The van der Waals surface area contributed by atoms with E-state index in [0.29, 0.717) is 18.2 Å². The first-order chi connectivity index (χ1) is 7.69. The van der Waals surface area contributed by atoms with E-state index in [0.717, 1.165) is 5.75 Å². The van der Waals surface area contributed by atoms with Crippen molar-refractivity contribution in [1.82, 2.24) is 4.98 Å². The van der Waals surface area contributed by atoms with Gasteiger partial charge in [-0.3, -0.25) is 10.1 Å². The molecule has 6 nitrogen and oxygen atoms in total. The summed E-state index contributed by atoms with van der Waals surface area (Å²) in [4.78, 5) is 14.4. The molecule has 0 aromatic carbocycles. The molecule has 0 aliphatic rings. The molecule has 0 saturated heterocycles. The van der Waals surface area contributed by atoms with Crippen LogP contribution < -0.4 is 10.6 Å². The van der Waals surface area contributed by atoms with Crippen LogP contribution in [-0.4, -0.2) is 35.5 Å². The normalized spacial score (nSPS) is 9.88. The number of thioether (sulfide) groups is 1. The summed E-state index contributed by atoms with van der Waals surface area (Å²) in [5.74, 6) is 1.80. The molecule has 0 saturated carbocycles. The second kappa shape index (κ2) is 6.16. The van der Waals surface area contributed by atoms with E-state index in [1.165, 1.54) is 6.07 Å². The van der Waals surface area contributed by atoms with Crippen molar-refractivity contribution in [3.8, 4) is 0 Å². The number of nitrogens with zero attached hydrogens (tertiary/aromatic N) is 2. The van der Waals surface area contributed by atoms with Gasteiger partial charge in [0.05, 0.1) is 4.92 Å². The monoisotopic (exact) mass is 242 g/mol. The Morgan fingerprint density at radius 1 is 1.56 bits per heavy atom. The molecular weight excluding hydrogens is 228 g/mol. The van der Waals surface area contributed by atoms with E-state index in [9.17, 15) is 10.1 Å². The molecule has 0 unspecified atom stereocenters. The van der Waals surface area contributed by atoms with Gasteiger partial charge in [0, 0.05) is 25.4 Å². The van der Waals surface area contributed by atoms with Crippen molar-refractivity contribution in [2.75, 3.05) is 36.2 Å². The van der Waals surface area contributed by atoms with Gasteiger partial charge in [-0.15, -0.1) is 0 Å². The van der Waals surface area contributed by atoms with E-state index in [4.69, 9.17) is 0 Å². The smallest absolute Gasteiger partial charge is 0.311 e. The Morgan fingerprint density at radius 3 is 2.88 bits per heavy atom. The van der Waals surface area contributed by atoms with Gasteiger partial charge in [-0.05, 0) is 12.3 Å². The minimum absolute atomic E-state index is 0.0000954. The lowest BCUT2D eigenvalue weighted by Crippen LogP contribution is -2.09. The van der Waals surface area contributed by atoms with E-state index < -0.39 is 4.92 Å². The average molecular weight is 242 g/mol. The Bertz CT molecular complexity index is 373. The summed E-state index contributed by atoms with van der Waals surface area (Å²) in [6.07, 6.45) is 1.98. The second-order valence-corrected chi connectivity index (χ2v) is 3.98. The number of aromatic nitrogens is 1. The highest BCUT2D eigenvalue weighted by molar-refractivity contribution is 7.98. The molecule has 1 aromatic heterocycles. The summed E-state index contributed by atoms with van der Waals surface area (Å²) < 4.78 is 0. The fraction of sp³-hybridized carbons (Fsp3) is 0.444. The van der Waals surface area contributed by atoms with Crippen LogP contribution in [-0.2, 0) is 0 Å². The average Bonchev–Trinajstić information content (AvgIpc) is 2.29. The first-order valence-electron chi connectivity index (χ1n) is 4.75. The van der Waals surface area contributed by atoms with Crippen LogP contribution in [0.15, 0.2) is 12.1 Å². The van der Waals surface area contributed by atoms with E-state index in [2.05, 4.69) is 15.6 Å². The maximum absolute atomic E-state index is 10.8. The molecule has 0 amide bonds. The third-order valence-electron chi connectivity index (χ3n) is 1.93. The van der Waals surface area contributed by atoms with Gasteiger partial charge in [-0.2, -0.15) is 11.8 Å². The fourth-order valence-corrected chi connectivity index (χ4v) is 1.45. The van der Waals surface area contributed by atoms with Crippen molar-refractivity contribution in [2.45, 2.75) is 0 Å². The molecule has 2 N–H and O–H groups in total. The maximum atomic E-state index is 10.8. The molecule has 88 valence electrons. The van der Waals surface area contributed by atoms with Crippen LogP contribution in [0.5, 0.6) is 0 Å². The topological polar surface area (TPSA) is 80.1 Å². The zero-order valence-electron chi connectivity index (χ0n) is 9.19. The lowest BCUT2D eigenvalue weighted by atomic mass is 10.3. The Kier molecular flexibility index (Phi) is 4.84. The molecular formula is C9H14N4O2S. The van der Waals surface area contributed by atoms with Crippen molar-refractivity contribution in [2.24, 2.45) is 0 Å². The van der Waals surface area contributed by atoms with E-state index in [-0.39, 0.29) is 5.69 Å². The SMILES string of the molecule is CNc1ccc([N+](=O)[O-])c(NCCSC)n1. The van der Waals surface area contributed by atoms with Crippen LogP contribution >= 0.6 is 11.8 Å². The van der Waals surface area contributed by atoms with Crippen LogP contribution in [0.4, 0.5) is 17.3 Å². The lowest BCUT2D eigenvalue weighted by molar-refractivity contribution is -0.384. The van der Waals surface area contributed by atoms with Gasteiger partial charge >= 0.3 is 5.69 Å². The quantitative estimate of drug-likeness (QED) is 0.450. The number of hydrogen-bond acceptors (Lipinski definition) is 6. The highest BCUT2D eigenvalue weighted by atomic mass is 32.2. The van der Waals surface area contributed by atoms with Gasteiger partial charge in [-0.1, -0.05) is 0 Å². The molecule has 7 heteroatoms. The second-order valence-electron chi connectivity index (χ2n) is 2.99. The maximum Gasteiger partial charge on any atom is 0.311 e. The first-order valence-corrected chi connectivity index (χ1v) is 6.14. The van der Waals surface area contributed by atoms with Gasteiger partial charge < -0.3 is 10.6 Å². The summed E-state index contributed by atoms with van der Waals surface area (Å²) in [5.41, 5.74) is 0.0000954. The summed E-state index contributed by atoms with van der Waals surface area (Å²) in [5, 5.41) is 16.6. The summed E-state index contributed by atoms with van der Waals surface area (Å²) >= 11 is 1.67. The molecule has 0 aliphatic carbocycles. The van der Waals surface area contributed by atoms with Crippen LogP contribution in [0.3, 0.4) is 0 Å². The molecule has 1 heterocycles. The highest BCUT2D eigenvalue weighted by Crippen LogP contribution is 2.23. The highest BCUT2D eigenvalue weighted by Gasteiger charge is 2.14. The molecule has 0 aliphatic heterocycles. The predicted octanol–water partition coefficient (Wildman–Crippen LogP) is 1.81. The largest absolute Gasteiger partial charge is 0.373 e. The minimum Gasteiger partial charge on any atom is -0.373 e. The van der Waals surface area contributed by atoms with Crippen LogP contribution in [0, 0.1) is 10.1 Å². The Balaban J connectivity index is 2.87. The molecule has 1 aromatic rings. The summed E-state index contributed by atoms with van der Waals surface area (Å²) in [7, 11) is 1.72. The van der Waals surface area contributed by atoms with Crippen molar-refractivity contribution in [3.63, 3.8) is 0 Å². The Labute approximate surface area is 98.0 Å². The fourth-order valence-electron chi connectivity index (χ4n) is 1.14. The number of nitrogens with one attached hydrogen (secondary N) is 2. The van der Waals surface area contributed by atoms with Crippen LogP contribution in [0.1, 0.15) is 0 Å². The molecule has 0 bridgehead atoms. The zero-order valence-corrected chi connectivity index (χ0v) is 10.0. The predicted molar refractivity (Wildman–Crippen MR) is 67.3 cm³/mol. The third-order valence-corrected chi connectivity index (χ3v) is 2.54. The molecule has 0 radical (unpaired) electrons. The van der Waals surface area contributed by atoms with Gasteiger partial charge in [0.15, 0.2) is 0 Å². The lowest BCUT2D eigenvalue weighted by Gasteiger charge is -2.07. The third kappa shape index (κ3) is 3.27. The van der Waals surface area contributed by atoms with Crippen LogP contribution in [0.2, 0.25) is 0 Å². The van der Waals surface area contributed by atoms with Crippen molar-refractivity contribution < 1.29 is 4.92 Å². The zero-order chi connectivity index (χ0) is 12.0. The molecule has 16 heavy (non-hydrogen) atoms. The molecule has 0 atom stereocenters. The van der Waals surface area contributed by atoms with E-state index in [1.54, 1.807) is 24.9 Å². The Hall–Kier alpha value is -1.50. The van der Waals surface area contributed by atoms with Crippen molar-refractivity contribution in [1.29, 1.82) is 0 Å². The number of pyridine rings is 1. The molecule has 0 spiro atoms.